The zero-order chi connectivity index (χ0) is 16.7. The van der Waals surface area contributed by atoms with Crippen LogP contribution < -0.4 is 5.32 Å². The van der Waals surface area contributed by atoms with E-state index in [1.54, 1.807) is 0 Å². The molecule has 0 aromatic carbocycles. The molecule has 2 aromatic heterocycles. The predicted octanol–water partition coefficient (Wildman–Crippen LogP) is 3.14. The molecule has 0 saturated heterocycles. The van der Waals surface area contributed by atoms with Gasteiger partial charge in [0.2, 0.25) is 0 Å². The molecule has 0 atom stereocenters. The van der Waals surface area contributed by atoms with Gasteiger partial charge in [0.25, 0.3) is 5.91 Å². The van der Waals surface area contributed by atoms with Crippen LogP contribution in [0.1, 0.15) is 54.9 Å². The molecule has 5 heteroatoms. The molecule has 5 nitrogen and oxygen atoms in total. The Labute approximate surface area is 138 Å². The number of rotatable bonds is 9. The van der Waals surface area contributed by atoms with Crippen LogP contribution >= 0.6 is 0 Å². The molecule has 0 fully saturated rings. The summed E-state index contributed by atoms with van der Waals surface area (Å²) in [5.74, 6) is -0.0616. The molecule has 0 aliphatic rings. The summed E-state index contributed by atoms with van der Waals surface area (Å²) in [5.41, 5.74) is 3.42. The summed E-state index contributed by atoms with van der Waals surface area (Å²) in [5, 5.41) is 2.98. The summed E-state index contributed by atoms with van der Waals surface area (Å²) in [6.07, 6.45) is 5.76. The Morgan fingerprint density at radius 2 is 2.04 bits per heavy atom. The summed E-state index contributed by atoms with van der Waals surface area (Å²) in [7, 11) is 0. The number of ether oxygens (including phenoxy) is 1. The first kappa shape index (κ1) is 17.5. The first-order valence-electron chi connectivity index (χ1n) is 8.50. The average molecular weight is 317 g/mol. The number of nitrogens with zero attached hydrogens (tertiary/aromatic N) is 2. The van der Waals surface area contributed by atoms with Gasteiger partial charge in [0.1, 0.15) is 11.3 Å². The van der Waals surface area contributed by atoms with Crippen molar-refractivity contribution in [3.8, 4) is 0 Å². The second-order valence-electron chi connectivity index (χ2n) is 5.77. The molecular formula is C18H27N3O2. The standard InChI is InChI=1S/C18H27N3O2/c1-4-6-11-23-12-7-10-19-18(22)17-15(5-2)20-16-9-8-14(3)13-21(16)17/h8-9,13H,4-7,10-12H2,1-3H3,(H,19,22). The van der Waals surface area contributed by atoms with E-state index in [2.05, 4.69) is 17.2 Å². The van der Waals surface area contributed by atoms with Crippen molar-refractivity contribution >= 4 is 11.6 Å². The zero-order valence-electron chi connectivity index (χ0n) is 14.4. The average Bonchev–Trinajstić information content (AvgIpc) is 2.91. The van der Waals surface area contributed by atoms with Crippen molar-refractivity contribution in [3.63, 3.8) is 0 Å². The number of carbonyl (C=O) groups excluding carboxylic acids is 1. The number of carbonyl (C=O) groups is 1. The maximum atomic E-state index is 12.5. The van der Waals surface area contributed by atoms with Gasteiger partial charge in [0.05, 0.1) is 5.69 Å². The number of nitrogens with one attached hydrogen (secondary N) is 1. The number of fused-ring (bicyclic) bond motifs is 1. The van der Waals surface area contributed by atoms with E-state index in [0.29, 0.717) is 18.8 Å². The fourth-order valence-electron chi connectivity index (χ4n) is 2.49. The van der Waals surface area contributed by atoms with E-state index >= 15 is 0 Å². The lowest BCUT2D eigenvalue weighted by Crippen LogP contribution is -2.27. The Hall–Kier alpha value is -1.88. The number of pyridine rings is 1. The molecule has 0 aliphatic carbocycles. The van der Waals surface area contributed by atoms with Crippen LogP contribution in [-0.2, 0) is 11.2 Å². The van der Waals surface area contributed by atoms with E-state index in [1.807, 2.05) is 36.6 Å². The molecule has 0 bridgehead atoms. The van der Waals surface area contributed by atoms with Gasteiger partial charge in [-0.05, 0) is 37.8 Å². The number of aryl methyl sites for hydroxylation is 2. The molecule has 0 aliphatic heterocycles. The number of imidazole rings is 1. The topological polar surface area (TPSA) is 55.6 Å². The van der Waals surface area contributed by atoms with Gasteiger partial charge in [-0.2, -0.15) is 0 Å². The minimum absolute atomic E-state index is 0.0616. The fourth-order valence-corrected chi connectivity index (χ4v) is 2.49. The van der Waals surface area contributed by atoms with Crippen LogP contribution in [0, 0.1) is 6.92 Å². The molecule has 2 aromatic rings. The predicted molar refractivity (Wildman–Crippen MR) is 92.0 cm³/mol. The second-order valence-corrected chi connectivity index (χ2v) is 5.77. The van der Waals surface area contributed by atoms with E-state index < -0.39 is 0 Å². The first-order chi connectivity index (χ1) is 11.2. The quantitative estimate of drug-likeness (QED) is 0.723. The summed E-state index contributed by atoms with van der Waals surface area (Å²) >= 11 is 0. The Kier molecular flexibility index (Phi) is 6.59. The molecule has 2 heterocycles. The Morgan fingerprint density at radius 3 is 2.78 bits per heavy atom. The highest BCUT2D eigenvalue weighted by Gasteiger charge is 2.17. The smallest absolute Gasteiger partial charge is 0.270 e. The molecule has 0 saturated carbocycles. The highest BCUT2D eigenvalue weighted by molar-refractivity contribution is 5.94. The Balaban J connectivity index is 1.96. The van der Waals surface area contributed by atoms with E-state index in [-0.39, 0.29) is 5.91 Å². The third-order valence-corrected chi connectivity index (χ3v) is 3.78. The van der Waals surface area contributed by atoms with Crippen LogP contribution in [0.5, 0.6) is 0 Å². The monoisotopic (exact) mass is 317 g/mol. The number of hydrogen-bond donors (Lipinski definition) is 1. The minimum atomic E-state index is -0.0616. The van der Waals surface area contributed by atoms with Crippen molar-refractivity contribution in [3.05, 3.63) is 35.3 Å². The summed E-state index contributed by atoms with van der Waals surface area (Å²) in [6.45, 7) is 8.29. The highest BCUT2D eigenvalue weighted by Crippen LogP contribution is 2.14. The minimum Gasteiger partial charge on any atom is -0.381 e. The number of amides is 1. The van der Waals surface area contributed by atoms with Gasteiger partial charge in [0, 0.05) is 26.0 Å². The maximum Gasteiger partial charge on any atom is 0.270 e. The van der Waals surface area contributed by atoms with E-state index in [0.717, 1.165) is 49.2 Å². The fraction of sp³-hybridized carbons (Fsp3) is 0.556. The molecule has 23 heavy (non-hydrogen) atoms. The van der Waals surface area contributed by atoms with E-state index in [1.165, 1.54) is 0 Å². The van der Waals surface area contributed by atoms with Crippen LogP contribution in [0.4, 0.5) is 0 Å². The lowest BCUT2D eigenvalue weighted by molar-refractivity contribution is 0.0933. The Morgan fingerprint density at radius 1 is 1.26 bits per heavy atom. The molecule has 2 rings (SSSR count). The van der Waals surface area contributed by atoms with Gasteiger partial charge in [0.15, 0.2) is 0 Å². The molecular weight excluding hydrogens is 290 g/mol. The number of unbranched alkanes of at least 4 members (excludes halogenated alkanes) is 1. The second kappa shape index (κ2) is 8.67. The van der Waals surface area contributed by atoms with Gasteiger partial charge in [-0.3, -0.25) is 9.20 Å². The number of aromatic nitrogens is 2. The van der Waals surface area contributed by atoms with Gasteiger partial charge in [-0.15, -0.1) is 0 Å². The SMILES string of the molecule is CCCCOCCCNC(=O)c1c(CC)nc2ccc(C)cn12. The van der Waals surface area contributed by atoms with E-state index in [4.69, 9.17) is 4.74 Å². The molecule has 1 N–H and O–H groups in total. The van der Waals surface area contributed by atoms with Crippen LogP contribution in [0.3, 0.4) is 0 Å². The maximum absolute atomic E-state index is 12.5. The van der Waals surface area contributed by atoms with Crippen molar-refractivity contribution in [2.24, 2.45) is 0 Å². The van der Waals surface area contributed by atoms with Crippen molar-refractivity contribution in [1.82, 2.24) is 14.7 Å². The first-order valence-corrected chi connectivity index (χ1v) is 8.50. The molecule has 0 radical (unpaired) electrons. The van der Waals surface area contributed by atoms with Gasteiger partial charge in [-0.1, -0.05) is 26.3 Å². The highest BCUT2D eigenvalue weighted by atomic mass is 16.5. The lowest BCUT2D eigenvalue weighted by atomic mass is 10.2. The molecule has 0 spiro atoms. The largest absolute Gasteiger partial charge is 0.381 e. The van der Waals surface area contributed by atoms with Crippen LogP contribution in [0.25, 0.3) is 5.65 Å². The van der Waals surface area contributed by atoms with Gasteiger partial charge in [-0.25, -0.2) is 4.98 Å². The van der Waals surface area contributed by atoms with Crippen molar-refractivity contribution in [2.75, 3.05) is 19.8 Å². The van der Waals surface area contributed by atoms with Gasteiger partial charge >= 0.3 is 0 Å². The normalized spacial score (nSPS) is 11.1. The van der Waals surface area contributed by atoms with Crippen LogP contribution in [0.2, 0.25) is 0 Å². The summed E-state index contributed by atoms with van der Waals surface area (Å²) in [4.78, 5) is 17.1. The van der Waals surface area contributed by atoms with Crippen molar-refractivity contribution in [2.45, 2.75) is 46.5 Å². The van der Waals surface area contributed by atoms with E-state index in [9.17, 15) is 4.79 Å². The number of hydrogen-bond acceptors (Lipinski definition) is 3. The zero-order valence-corrected chi connectivity index (χ0v) is 14.4. The lowest BCUT2D eigenvalue weighted by Gasteiger charge is -2.07. The van der Waals surface area contributed by atoms with Crippen molar-refractivity contribution < 1.29 is 9.53 Å². The molecule has 0 unspecified atom stereocenters. The summed E-state index contributed by atoms with van der Waals surface area (Å²) in [6, 6.07) is 3.96. The molecule has 1 amide bonds. The van der Waals surface area contributed by atoms with Crippen LogP contribution in [0.15, 0.2) is 18.3 Å². The third kappa shape index (κ3) is 4.55. The van der Waals surface area contributed by atoms with Crippen LogP contribution in [-0.4, -0.2) is 35.1 Å². The van der Waals surface area contributed by atoms with Gasteiger partial charge < -0.3 is 10.1 Å². The Bertz CT molecular complexity index is 649. The third-order valence-electron chi connectivity index (χ3n) is 3.78. The summed E-state index contributed by atoms with van der Waals surface area (Å²) < 4.78 is 7.40. The molecule has 126 valence electrons. The van der Waals surface area contributed by atoms with Crippen molar-refractivity contribution in [1.29, 1.82) is 0 Å².